The highest BCUT2D eigenvalue weighted by atomic mass is 16.5. The molecule has 0 N–H and O–H groups in total. The molecule has 1 aromatic carbocycles. The van der Waals surface area contributed by atoms with Crippen LogP contribution in [0.5, 0.6) is 0 Å². The minimum absolute atomic E-state index is 0.243. The number of anilines is 2. The van der Waals surface area contributed by atoms with E-state index in [0.29, 0.717) is 6.42 Å². The minimum atomic E-state index is 0.243. The van der Waals surface area contributed by atoms with Gasteiger partial charge in [0.25, 0.3) is 0 Å². The number of rotatable bonds is 5. The van der Waals surface area contributed by atoms with Gasteiger partial charge in [0, 0.05) is 45.0 Å². The van der Waals surface area contributed by atoms with Crippen molar-refractivity contribution in [2.75, 3.05) is 50.2 Å². The van der Waals surface area contributed by atoms with Crippen molar-refractivity contribution in [2.45, 2.75) is 19.8 Å². The van der Waals surface area contributed by atoms with Crippen LogP contribution in [0.4, 0.5) is 11.4 Å². The summed E-state index contributed by atoms with van der Waals surface area (Å²) in [6.07, 6.45) is 1.42. The van der Waals surface area contributed by atoms with Crippen LogP contribution in [0.15, 0.2) is 18.2 Å². The number of carbonyl (C=O) groups is 1. The zero-order valence-corrected chi connectivity index (χ0v) is 12.7. The standard InChI is InChI=1S/C16H24N2O2/c1-13(19)4-5-14-6-7-15(12-16(14)17(2)3)18-8-10-20-11-9-18/h6-7,12H,4-5,8-11H2,1-3H3. The number of benzene rings is 1. The summed E-state index contributed by atoms with van der Waals surface area (Å²) in [4.78, 5) is 15.7. The summed E-state index contributed by atoms with van der Waals surface area (Å²) >= 11 is 0. The van der Waals surface area contributed by atoms with Crippen molar-refractivity contribution < 1.29 is 9.53 Å². The van der Waals surface area contributed by atoms with Gasteiger partial charge in [-0.15, -0.1) is 0 Å². The molecule has 0 unspecified atom stereocenters. The van der Waals surface area contributed by atoms with Crippen LogP contribution in [0.2, 0.25) is 0 Å². The molecule has 1 aromatic rings. The molecule has 0 radical (unpaired) electrons. The van der Waals surface area contributed by atoms with E-state index in [1.54, 1.807) is 6.92 Å². The van der Waals surface area contributed by atoms with Gasteiger partial charge in [0.15, 0.2) is 0 Å². The van der Waals surface area contributed by atoms with Gasteiger partial charge >= 0.3 is 0 Å². The molecule has 0 aliphatic carbocycles. The van der Waals surface area contributed by atoms with Gasteiger partial charge in [-0.05, 0) is 31.0 Å². The van der Waals surface area contributed by atoms with E-state index in [1.807, 2.05) is 0 Å². The summed E-state index contributed by atoms with van der Waals surface area (Å²) in [6.45, 7) is 5.13. The van der Waals surface area contributed by atoms with Gasteiger partial charge in [-0.1, -0.05) is 6.07 Å². The lowest BCUT2D eigenvalue weighted by Gasteiger charge is -2.30. The zero-order chi connectivity index (χ0) is 14.5. The number of Topliss-reactive ketones (excluding diaryl/α,β-unsaturated/α-hetero) is 1. The van der Waals surface area contributed by atoms with E-state index in [9.17, 15) is 4.79 Å². The summed E-state index contributed by atoms with van der Waals surface area (Å²) in [6, 6.07) is 6.54. The van der Waals surface area contributed by atoms with Gasteiger partial charge < -0.3 is 19.3 Å². The normalized spacial score (nSPS) is 15.2. The Morgan fingerprint density at radius 1 is 1.30 bits per heavy atom. The monoisotopic (exact) mass is 276 g/mol. The smallest absolute Gasteiger partial charge is 0.130 e. The zero-order valence-electron chi connectivity index (χ0n) is 12.7. The number of hydrogen-bond donors (Lipinski definition) is 0. The fourth-order valence-electron chi connectivity index (χ4n) is 2.51. The van der Waals surface area contributed by atoms with Crippen molar-refractivity contribution in [3.63, 3.8) is 0 Å². The van der Waals surface area contributed by atoms with E-state index in [0.717, 1.165) is 32.7 Å². The predicted molar refractivity (Wildman–Crippen MR) is 82.8 cm³/mol. The number of hydrogen-bond acceptors (Lipinski definition) is 4. The lowest BCUT2D eigenvalue weighted by atomic mass is 10.0. The molecule has 0 atom stereocenters. The molecule has 20 heavy (non-hydrogen) atoms. The summed E-state index contributed by atoms with van der Waals surface area (Å²) in [5, 5.41) is 0. The molecule has 4 heteroatoms. The number of nitrogens with zero attached hydrogens (tertiary/aromatic N) is 2. The summed E-state index contributed by atoms with van der Waals surface area (Å²) < 4.78 is 5.40. The first kappa shape index (κ1) is 14.9. The number of ether oxygens (including phenoxy) is 1. The third kappa shape index (κ3) is 3.73. The minimum Gasteiger partial charge on any atom is -0.378 e. The molecule has 0 spiro atoms. The van der Waals surface area contributed by atoms with Crippen LogP contribution in [0.1, 0.15) is 18.9 Å². The summed E-state index contributed by atoms with van der Waals surface area (Å²) in [5.74, 6) is 0.243. The van der Waals surface area contributed by atoms with Gasteiger partial charge in [-0.3, -0.25) is 0 Å². The van der Waals surface area contributed by atoms with Crippen LogP contribution in [0, 0.1) is 0 Å². The Balaban J connectivity index is 2.19. The first-order chi connectivity index (χ1) is 9.58. The first-order valence-electron chi connectivity index (χ1n) is 7.20. The predicted octanol–water partition coefficient (Wildman–Crippen LogP) is 2.11. The molecule has 1 saturated heterocycles. The van der Waals surface area contributed by atoms with Crippen molar-refractivity contribution in [2.24, 2.45) is 0 Å². The van der Waals surface area contributed by atoms with Crippen molar-refractivity contribution >= 4 is 17.2 Å². The Hall–Kier alpha value is -1.55. The van der Waals surface area contributed by atoms with Crippen molar-refractivity contribution in [3.8, 4) is 0 Å². The second-order valence-electron chi connectivity index (χ2n) is 5.51. The number of aryl methyl sites for hydroxylation is 1. The molecule has 1 fully saturated rings. The number of morpholine rings is 1. The molecule has 4 nitrogen and oxygen atoms in total. The van der Waals surface area contributed by atoms with Crippen LogP contribution in [0.3, 0.4) is 0 Å². The third-order valence-corrected chi connectivity index (χ3v) is 3.67. The molecule has 0 bridgehead atoms. The van der Waals surface area contributed by atoms with Gasteiger partial charge in [0.2, 0.25) is 0 Å². The Morgan fingerprint density at radius 3 is 2.60 bits per heavy atom. The molecule has 1 aliphatic rings. The van der Waals surface area contributed by atoms with Gasteiger partial charge in [-0.2, -0.15) is 0 Å². The summed E-state index contributed by atoms with van der Waals surface area (Å²) in [7, 11) is 4.10. The SMILES string of the molecule is CC(=O)CCc1ccc(N2CCOCC2)cc1N(C)C. The van der Waals surface area contributed by atoms with Gasteiger partial charge in [0.1, 0.15) is 5.78 Å². The largest absolute Gasteiger partial charge is 0.378 e. The second kappa shape index (κ2) is 6.75. The Morgan fingerprint density at radius 2 is 2.00 bits per heavy atom. The highest BCUT2D eigenvalue weighted by Gasteiger charge is 2.14. The number of ketones is 1. The lowest BCUT2D eigenvalue weighted by Crippen LogP contribution is -2.36. The van der Waals surface area contributed by atoms with Crippen LogP contribution in [-0.4, -0.2) is 46.2 Å². The Kier molecular flexibility index (Phi) is 5.01. The van der Waals surface area contributed by atoms with E-state index in [4.69, 9.17) is 4.74 Å². The van der Waals surface area contributed by atoms with Crippen LogP contribution >= 0.6 is 0 Å². The summed E-state index contributed by atoms with van der Waals surface area (Å²) in [5.41, 5.74) is 3.68. The topological polar surface area (TPSA) is 32.8 Å². The molecule has 0 amide bonds. The van der Waals surface area contributed by atoms with E-state index >= 15 is 0 Å². The van der Waals surface area contributed by atoms with E-state index in [1.165, 1.54) is 16.9 Å². The van der Waals surface area contributed by atoms with Crippen LogP contribution in [0.25, 0.3) is 0 Å². The van der Waals surface area contributed by atoms with Crippen molar-refractivity contribution in [1.82, 2.24) is 0 Å². The maximum absolute atomic E-state index is 11.2. The number of carbonyl (C=O) groups excluding carboxylic acids is 1. The molecule has 0 aromatic heterocycles. The average molecular weight is 276 g/mol. The third-order valence-electron chi connectivity index (χ3n) is 3.67. The maximum atomic E-state index is 11.2. The fraction of sp³-hybridized carbons (Fsp3) is 0.562. The quantitative estimate of drug-likeness (QED) is 0.824. The molecule has 0 saturated carbocycles. The molecule has 1 aliphatic heterocycles. The second-order valence-corrected chi connectivity index (χ2v) is 5.51. The average Bonchev–Trinajstić information content (AvgIpc) is 2.45. The molecular weight excluding hydrogens is 252 g/mol. The fourth-order valence-corrected chi connectivity index (χ4v) is 2.51. The lowest BCUT2D eigenvalue weighted by molar-refractivity contribution is -0.116. The van der Waals surface area contributed by atoms with Crippen molar-refractivity contribution in [3.05, 3.63) is 23.8 Å². The molecule has 2 rings (SSSR count). The molecular formula is C16H24N2O2. The van der Waals surface area contributed by atoms with Gasteiger partial charge in [-0.25, -0.2) is 0 Å². The van der Waals surface area contributed by atoms with Crippen LogP contribution in [-0.2, 0) is 16.0 Å². The Labute approximate surface area is 121 Å². The highest BCUT2D eigenvalue weighted by Crippen LogP contribution is 2.27. The maximum Gasteiger partial charge on any atom is 0.130 e. The van der Waals surface area contributed by atoms with E-state index in [-0.39, 0.29) is 5.78 Å². The highest BCUT2D eigenvalue weighted by molar-refractivity contribution is 5.76. The van der Waals surface area contributed by atoms with E-state index < -0.39 is 0 Å². The van der Waals surface area contributed by atoms with Gasteiger partial charge in [0.05, 0.1) is 13.2 Å². The molecule has 110 valence electrons. The first-order valence-corrected chi connectivity index (χ1v) is 7.20. The molecule has 1 heterocycles. The van der Waals surface area contributed by atoms with E-state index in [2.05, 4.69) is 42.1 Å². The Bertz CT molecular complexity index is 466. The van der Waals surface area contributed by atoms with Crippen molar-refractivity contribution in [1.29, 1.82) is 0 Å². The van der Waals surface area contributed by atoms with Crippen LogP contribution < -0.4 is 9.80 Å².